The molecule has 0 radical (unpaired) electrons. The molecule has 0 N–H and O–H groups in total. The molecule has 134 valence electrons. The molecule has 1 aromatic heterocycles. The van der Waals surface area contributed by atoms with E-state index >= 15 is 0 Å². The number of furan rings is 1. The highest BCUT2D eigenvalue weighted by Gasteiger charge is 2.14. The number of rotatable bonds is 3. The number of benzene rings is 4. The van der Waals surface area contributed by atoms with Crippen LogP contribution in [0.25, 0.3) is 33.1 Å². The minimum absolute atomic E-state index is 0.0000639. The highest BCUT2D eigenvalue weighted by molar-refractivity contribution is 9.10. The smallest absolute Gasteiger partial charge is 0.193 e. The van der Waals surface area contributed by atoms with Crippen LogP contribution in [-0.4, -0.2) is 5.78 Å². The average molecular weight is 427 g/mol. The zero-order valence-corrected chi connectivity index (χ0v) is 16.4. The quantitative estimate of drug-likeness (QED) is 0.284. The van der Waals surface area contributed by atoms with Crippen LogP contribution in [0.5, 0.6) is 0 Å². The lowest BCUT2D eigenvalue weighted by atomic mass is 9.97. The van der Waals surface area contributed by atoms with Crippen molar-refractivity contribution in [2.45, 2.75) is 0 Å². The average Bonchev–Trinajstić information content (AvgIpc) is 3.12. The molecule has 5 rings (SSSR count). The fraction of sp³-hybridized carbons (Fsp3) is 0. The standard InChI is InChI=1S/C25H15BrO2/c26-19-9-4-8-18(15-19)24(27)17-7-3-6-16(14-17)20-11-5-12-22-21-10-1-2-13-23(21)28-25(20)22/h1-15H. The predicted octanol–water partition coefficient (Wildman–Crippen LogP) is 7.25. The Kier molecular flexibility index (Phi) is 4.10. The molecule has 0 saturated heterocycles. The molecule has 1 heterocycles. The maximum Gasteiger partial charge on any atom is 0.193 e. The van der Waals surface area contributed by atoms with Crippen LogP contribution in [0.3, 0.4) is 0 Å². The third kappa shape index (κ3) is 2.85. The Labute approximate surface area is 170 Å². The first-order valence-electron chi connectivity index (χ1n) is 9.02. The lowest BCUT2D eigenvalue weighted by Gasteiger charge is -2.06. The Bertz CT molecular complexity index is 1350. The monoisotopic (exact) mass is 426 g/mol. The molecule has 0 amide bonds. The van der Waals surface area contributed by atoms with Crippen LogP contribution in [0.15, 0.2) is 99.9 Å². The van der Waals surface area contributed by atoms with E-state index in [1.807, 2.05) is 78.9 Å². The van der Waals surface area contributed by atoms with Gasteiger partial charge >= 0.3 is 0 Å². The predicted molar refractivity (Wildman–Crippen MR) is 117 cm³/mol. The number of hydrogen-bond donors (Lipinski definition) is 0. The summed E-state index contributed by atoms with van der Waals surface area (Å²) in [5, 5.41) is 2.18. The van der Waals surface area contributed by atoms with Gasteiger partial charge in [0.2, 0.25) is 0 Å². The first-order chi connectivity index (χ1) is 13.7. The van der Waals surface area contributed by atoms with E-state index < -0.39 is 0 Å². The van der Waals surface area contributed by atoms with Crippen molar-refractivity contribution in [3.63, 3.8) is 0 Å². The first-order valence-corrected chi connectivity index (χ1v) is 9.81. The lowest BCUT2D eigenvalue weighted by Crippen LogP contribution is -2.01. The molecule has 3 heteroatoms. The molecule has 0 unspecified atom stereocenters. The molecule has 0 aliphatic carbocycles. The van der Waals surface area contributed by atoms with E-state index in [2.05, 4.69) is 28.1 Å². The van der Waals surface area contributed by atoms with E-state index in [-0.39, 0.29) is 5.78 Å². The molecule has 5 aromatic rings. The summed E-state index contributed by atoms with van der Waals surface area (Å²) < 4.78 is 7.04. The number of hydrogen-bond acceptors (Lipinski definition) is 2. The van der Waals surface area contributed by atoms with Crippen molar-refractivity contribution in [2.24, 2.45) is 0 Å². The van der Waals surface area contributed by atoms with Crippen LogP contribution in [0.1, 0.15) is 15.9 Å². The molecule has 0 fully saturated rings. The lowest BCUT2D eigenvalue weighted by molar-refractivity contribution is 0.103. The summed E-state index contributed by atoms with van der Waals surface area (Å²) in [4.78, 5) is 12.9. The summed E-state index contributed by atoms with van der Waals surface area (Å²) in [6.07, 6.45) is 0. The van der Waals surface area contributed by atoms with Crippen LogP contribution in [-0.2, 0) is 0 Å². The number of carbonyl (C=O) groups is 1. The molecule has 2 nitrogen and oxygen atoms in total. The second-order valence-corrected chi connectivity index (χ2v) is 7.62. The first kappa shape index (κ1) is 17.0. The van der Waals surface area contributed by atoms with Crippen LogP contribution in [0, 0.1) is 0 Å². The second-order valence-electron chi connectivity index (χ2n) is 6.70. The van der Waals surface area contributed by atoms with Crippen LogP contribution in [0.2, 0.25) is 0 Å². The summed E-state index contributed by atoms with van der Waals surface area (Å²) >= 11 is 3.43. The number of para-hydroxylation sites is 2. The van der Waals surface area contributed by atoms with Crippen molar-refractivity contribution in [1.29, 1.82) is 0 Å². The van der Waals surface area contributed by atoms with E-state index in [1.165, 1.54) is 0 Å². The molecular formula is C25H15BrO2. The minimum Gasteiger partial charge on any atom is -0.455 e. The van der Waals surface area contributed by atoms with Crippen molar-refractivity contribution in [1.82, 2.24) is 0 Å². The van der Waals surface area contributed by atoms with Gasteiger partial charge in [-0.1, -0.05) is 82.7 Å². The van der Waals surface area contributed by atoms with E-state index in [0.717, 1.165) is 37.5 Å². The molecule has 0 atom stereocenters. The Hall–Kier alpha value is -3.17. The van der Waals surface area contributed by atoms with Gasteiger partial charge < -0.3 is 4.42 Å². The van der Waals surface area contributed by atoms with Crippen molar-refractivity contribution >= 4 is 43.7 Å². The largest absolute Gasteiger partial charge is 0.455 e. The van der Waals surface area contributed by atoms with E-state index in [0.29, 0.717) is 11.1 Å². The van der Waals surface area contributed by atoms with Crippen LogP contribution < -0.4 is 0 Å². The van der Waals surface area contributed by atoms with Crippen LogP contribution >= 0.6 is 15.9 Å². The maximum atomic E-state index is 12.9. The van der Waals surface area contributed by atoms with Gasteiger partial charge in [-0.05, 0) is 29.8 Å². The SMILES string of the molecule is O=C(c1cccc(Br)c1)c1cccc(-c2cccc3c2oc2ccccc23)c1. The second kappa shape index (κ2) is 6.77. The molecule has 28 heavy (non-hydrogen) atoms. The van der Waals surface area contributed by atoms with Crippen molar-refractivity contribution in [3.8, 4) is 11.1 Å². The third-order valence-corrected chi connectivity index (χ3v) is 5.42. The van der Waals surface area contributed by atoms with Gasteiger partial charge in [-0.25, -0.2) is 0 Å². The van der Waals surface area contributed by atoms with Gasteiger partial charge in [0.1, 0.15) is 11.2 Å². The summed E-state index contributed by atoms with van der Waals surface area (Å²) in [6, 6.07) is 29.4. The van der Waals surface area contributed by atoms with E-state index in [9.17, 15) is 4.79 Å². The maximum absolute atomic E-state index is 12.9. The zero-order chi connectivity index (χ0) is 19.1. The summed E-state index contributed by atoms with van der Waals surface area (Å²) in [5.74, 6) is -0.0000639. The summed E-state index contributed by atoms with van der Waals surface area (Å²) in [5.41, 5.74) is 4.97. The van der Waals surface area contributed by atoms with Crippen molar-refractivity contribution < 1.29 is 9.21 Å². The number of carbonyl (C=O) groups excluding carboxylic acids is 1. The Morgan fingerprint density at radius 2 is 1.43 bits per heavy atom. The Morgan fingerprint density at radius 3 is 2.29 bits per heavy atom. The van der Waals surface area contributed by atoms with E-state index in [1.54, 1.807) is 0 Å². The molecular weight excluding hydrogens is 412 g/mol. The van der Waals surface area contributed by atoms with Crippen molar-refractivity contribution in [3.05, 3.63) is 107 Å². The normalized spacial score (nSPS) is 11.2. The van der Waals surface area contributed by atoms with Gasteiger partial charge in [0.05, 0.1) is 0 Å². The van der Waals surface area contributed by atoms with Crippen molar-refractivity contribution in [2.75, 3.05) is 0 Å². The van der Waals surface area contributed by atoms with Gasteiger partial charge in [-0.15, -0.1) is 0 Å². The van der Waals surface area contributed by atoms with Gasteiger partial charge in [0.15, 0.2) is 5.78 Å². The van der Waals surface area contributed by atoms with E-state index in [4.69, 9.17) is 4.42 Å². The molecule has 0 aliphatic rings. The summed E-state index contributed by atoms with van der Waals surface area (Å²) in [6.45, 7) is 0. The molecule has 0 saturated carbocycles. The topological polar surface area (TPSA) is 30.2 Å². The van der Waals surface area contributed by atoms with Gasteiger partial charge in [-0.2, -0.15) is 0 Å². The van der Waals surface area contributed by atoms with Gasteiger partial charge in [0.25, 0.3) is 0 Å². The number of halogens is 1. The molecule has 0 bridgehead atoms. The zero-order valence-electron chi connectivity index (χ0n) is 14.9. The van der Waals surface area contributed by atoms with Crippen LogP contribution in [0.4, 0.5) is 0 Å². The Morgan fingerprint density at radius 1 is 0.714 bits per heavy atom. The van der Waals surface area contributed by atoms with Gasteiger partial charge in [-0.3, -0.25) is 4.79 Å². The fourth-order valence-electron chi connectivity index (χ4n) is 3.60. The highest BCUT2D eigenvalue weighted by Crippen LogP contribution is 2.36. The Balaban J connectivity index is 1.65. The third-order valence-electron chi connectivity index (χ3n) is 4.93. The highest BCUT2D eigenvalue weighted by atomic mass is 79.9. The number of fused-ring (bicyclic) bond motifs is 3. The minimum atomic E-state index is -0.0000639. The molecule has 0 spiro atoms. The molecule has 4 aromatic carbocycles. The summed E-state index contributed by atoms with van der Waals surface area (Å²) in [7, 11) is 0. The number of ketones is 1. The van der Waals surface area contributed by atoms with Gasteiger partial charge in [0, 0.05) is 31.9 Å². The molecule has 0 aliphatic heterocycles. The fourth-order valence-corrected chi connectivity index (χ4v) is 4.00.